The molecular weight excluding hydrogens is 1880 g/mol. The van der Waals surface area contributed by atoms with E-state index >= 15 is 0 Å². The van der Waals surface area contributed by atoms with Gasteiger partial charge in [-0.1, -0.05) is 358 Å². The standard InChI is InChI=1S/C138H85N3O2S3Si2/c1-5-34-98(35-6-1)147(99-36-7-2-8-37-99,102-42-26-32-93(75-102)113-80-94(81-120-109-49-18-24-57-132(109)144-136(113)120)92-60-67-110-112-51-29-59-135(138(112)146-133(110)82-92)148(100-38-9-3-10-39-100,101-40-11-4-12-41-101)134-58-28-50-111-108-48-17-23-56-131(108)145-137(111)134)103-43-27-33-95(83-103)139-123-54-21-15-46-106(123)114-76-88(61-68-125(114)139)89-62-69-126-115(77-89)107-47-16-22-55-124(107)141(126)97-66-73-130-119(85-97)117-79-91(64-71-128(117)143-130)87-31-25-30-86(74-87)90-63-70-127-116(78-90)118-84-96(65-72-129(118)142-127)140-121-52-19-13-44-104(121)105-45-14-20-53-122(105)140/h1-85H. The summed E-state index contributed by atoms with van der Waals surface area (Å²) in [5.41, 5.74) is 25.3. The predicted molar refractivity (Wildman–Crippen MR) is 637 cm³/mol. The predicted octanol–water partition coefficient (Wildman–Crippen LogP) is 33.0. The molecule has 0 saturated heterocycles. The summed E-state index contributed by atoms with van der Waals surface area (Å²) < 4.78 is 28.5. The van der Waals surface area contributed by atoms with Gasteiger partial charge in [-0.25, -0.2) is 0 Å². The SMILES string of the molecule is c1ccc([Si](c2ccccc2)(c2cccc(-c3cc(-c4ccc5c(c4)sc4c([Si](c6ccccc6)(c6ccccc6)c6cccc7c6sc6ccccc67)cccc45)cc4c3sc3ccccc34)c2)c2cccc(-n3c4ccccc4c4cc(-c5ccc6c(c5)c5ccccc5n6-c5ccc6oc7ccc(-c8cccc(-c9ccc%10oc%11ccc(-n%12c%13ccccc%13c%13ccccc%13%12)cc%11c%10c9)c8)cc7c6c5)ccc43)c2)cc1. The lowest BCUT2D eigenvalue weighted by Gasteiger charge is -2.35. The third kappa shape index (κ3) is 12.9. The molecular formula is C138H85N3O2S3Si2. The zero-order valence-electron chi connectivity index (χ0n) is 80.0. The Kier molecular flexibility index (Phi) is 19.1. The van der Waals surface area contributed by atoms with Crippen LogP contribution in [-0.4, -0.2) is 29.8 Å². The van der Waals surface area contributed by atoms with E-state index in [0.29, 0.717) is 0 Å². The van der Waals surface area contributed by atoms with Gasteiger partial charge >= 0.3 is 0 Å². The molecule has 8 heterocycles. The molecule has 0 bridgehead atoms. The summed E-state index contributed by atoms with van der Waals surface area (Å²) in [5.74, 6) is 0. The molecule has 0 fully saturated rings. The van der Waals surface area contributed by atoms with Gasteiger partial charge in [0.2, 0.25) is 0 Å². The topological polar surface area (TPSA) is 41.1 Å². The van der Waals surface area contributed by atoms with Crippen molar-refractivity contribution in [1.82, 2.24) is 13.7 Å². The van der Waals surface area contributed by atoms with Gasteiger partial charge in [-0.2, -0.15) is 0 Å². The number of rotatable bonds is 16. The number of hydrogen-bond acceptors (Lipinski definition) is 5. The Morgan fingerprint density at radius 2 is 0.473 bits per heavy atom. The average molecular weight is 1970 g/mol. The van der Waals surface area contributed by atoms with Gasteiger partial charge in [-0.15, -0.1) is 34.0 Å². The molecule has 0 saturated carbocycles. The summed E-state index contributed by atoms with van der Waals surface area (Å²) in [5, 5.41) is 30.2. The van der Waals surface area contributed by atoms with E-state index in [1.165, 1.54) is 168 Å². The van der Waals surface area contributed by atoms with Crippen molar-refractivity contribution in [1.29, 1.82) is 0 Å². The minimum Gasteiger partial charge on any atom is -0.456 e. The quantitative estimate of drug-likeness (QED) is 0.0715. The van der Waals surface area contributed by atoms with E-state index < -0.39 is 16.1 Å². The van der Waals surface area contributed by atoms with Crippen LogP contribution in [0.25, 0.3) is 243 Å². The van der Waals surface area contributed by atoms with Crippen LogP contribution in [0.4, 0.5) is 0 Å². The lowest BCUT2D eigenvalue weighted by Crippen LogP contribution is -2.74. The summed E-state index contributed by atoms with van der Waals surface area (Å²) in [6, 6.07) is 195. The van der Waals surface area contributed by atoms with E-state index in [9.17, 15) is 0 Å². The first-order chi connectivity index (χ1) is 73.3. The maximum atomic E-state index is 6.72. The number of aromatic nitrogens is 3. The third-order valence-electron chi connectivity index (χ3n) is 31.7. The first-order valence-corrected chi connectivity index (χ1v) is 57.1. The van der Waals surface area contributed by atoms with E-state index in [4.69, 9.17) is 8.83 Å². The number of fused-ring (bicyclic) bond motifs is 24. The monoisotopic (exact) mass is 1970 g/mol. The van der Waals surface area contributed by atoms with Gasteiger partial charge < -0.3 is 22.5 Å². The van der Waals surface area contributed by atoms with Crippen molar-refractivity contribution in [2.75, 3.05) is 0 Å². The molecule has 0 atom stereocenters. The fourth-order valence-corrected chi connectivity index (χ4v) is 39.6. The molecule has 148 heavy (non-hydrogen) atoms. The summed E-state index contributed by atoms with van der Waals surface area (Å²) in [6.45, 7) is 0. The first-order valence-electron chi connectivity index (χ1n) is 50.7. The van der Waals surface area contributed by atoms with Crippen molar-refractivity contribution >= 4 is 261 Å². The van der Waals surface area contributed by atoms with Crippen molar-refractivity contribution in [3.05, 3.63) is 516 Å². The van der Waals surface area contributed by atoms with Crippen molar-refractivity contribution in [3.63, 3.8) is 0 Å². The molecule has 31 rings (SSSR count). The molecule has 5 nitrogen and oxygen atoms in total. The van der Waals surface area contributed by atoms with Crippen LogP contribution in [-0.2, 0) is 0 Å². The van der Waals surface area contributed by atoms with Crippen molar-refractivity contribution < 1.29 is 8.83 Å². The summed E-state index contributed by atoms with van der Waals surface area (Å²) >= 11 is 5.82. The Hall–Kier alpha value is -17.8. The number of thiophene rings is 3. The molecule has 10 heteroatoms. The molecule has 31 aromatic rings. The molecule has 0 spiro atoms. The van der Waals surface area contributed by atoms with E-state index in [-0.39, 0.29) is 0 Å². The van der Waals surface area contributed by atoms with Crippen LogP contribution in [0.2, 0.25) is 0 Å². The van der Waals surface area contributed by atoms with Crippen molar-refractivity contribution in [2.45, 2.75) is 0 Å². The second kappa shape index (κ2) is 33.4. The van der Waals surface area contributed by atoms with Crippen LogP contribution in [0.1, 0.15) is 0 Å². The Labute approximate surface area is 865 Å². The molecule has 690 valence electrons. The van der Waals surface area contributed by atoms with Crippen LogP contribution in [0, 0.1) is 0 Å². The minimum absolute atomic E-state index is 0.848. The van der Waals surface area contributed by atoms with Gasteiger partial charge in [0.1, 0.15) is 22.3 Å². The fraction of sp³-hybridized carbons (Fsp3) is 0. The molecule has 0 aliphatic rings. The Morgan fingerprint density at radius 1 is 0.155 bits per heavy atom. The molecule has 8 aromatic heterocycles. The minimum atomic E-state index is -3.27. The molecule has 0 aliphatic carbocycles. The van der Waals surface area contributed by atoms with E-state index in [1.807, 2.05) is 34.0 Å². The highest BCUT2D eigenvalue weighted by Gasteiger charge is 2.46. The van der Waals surface area contributed by atoms with Crippen LogP contribution < -0.4 is 41.5 Å². The second-order valence-electron chi connectivity index (χ2n) is 39.5. The van der Waals surface area contributed by atoms with E-state index in [2.05, 4.69) is 529 Å². The van der Waals surface area contributed by atoms with Gasteiger partial charge in [0.15, 0.2) is 16.1 Å². The third-order valence-corrected chi connectivity index (χ3v) is 45.3. The van der Waals surface area contributed by atoms with E-state index in [1.54, 1.807) is 0 Å². The summed E-state index contributed by atoms with van der Waals surface area (Å²) in [6.07, 6.45) is 0. The lowest BCUT2D eigenvalue weighted by atomic mass is 9.95. The molecule has 23 aromatic carbocycles. The smallest absolute Gasteiger partial charge is 0.182 e. The average Bonchev–Trinajstić information content (AvgIpc) is 1.46. The van der Waals surface area contributed by atoms with Crippen LogP contribution >= 0.6 is 34.0 Å². The highest BCUT2D eigenvalue weighted by atomic mass is 32.1. The second-order valence-corrected chi connectivity index (χ2v) is 50.2. The van der Waals surface area contributed by atoms with Crippen LogP contribution in [0.5, 0.6) is 0 Å². The van der Waals surface area contributed by atoms with Crippen LogP contribution in [0.15, 0.2) is 524 Å². The maximum Gasteiger partial charge on any atom is 0.182 e. The normalized spacial score (nSPS) is 12.3. The Bertz CT molecular complexity index is 10800. The molecule has 0 unspecified atom stereocenters. The van der Waals surface area contributed by atoms with Gasteiger partial charge in [0.25, 0.3) is 0 Å². The first kappa shape index (κ1) is 84.6. The number of benzene rings is 23. The van der Waals surface area contributed by atoms with Crippen molar-refractivity contribution in [3.8, 4) is 72.7 Å². The Morgan fingerprint density at radius 3 is 0.973 bits per heavy atom. The molecule has 0 amide bonds. The van der Waals surface area contributed by atoms with Gasteiger partial charge in [-0.05, 0) is 249 Å². The highest BCUT2D eigenvalue weighted by molar-refractivity contribution is 7.34. The van der Waals surface area contributed by atoms with Gasteiger partial charge in [-0.3, -0.25) is 0 Å². The van der Waals surface area contributed by atoms with E-state index in [0.717, 1.165) is 116 Å². The van der Waals surface area contributed by atoms with Gasteiger partial charge in [0.05, 0.1) is 33.1 Å². The maximum absolute atomic E-state index is 6.72. The summed E-state index contributed by atoms with van der Waals surface area (Å²) in [7, 11) is -6.35. The number of nitrogens with zero attached hydrogens (tertiary/aromatic N) is 3. The highest BCUT2D eigenvalue weighted by Crippen LogP contribution is 2.49. The molecule has 0 N–H and O–H groups in total. The number of hydrogen-bond donors (Lipinski definition) is 0. The Balaban J connectivity index is 0.492. The largest absolute Gasteiger partial charge is 0.456 e. The molecule has 0 aliphatic heterocycles. The van der Waals surface area contributed by atoms with Gasteiger partial charge in [0, 0.05) is 137 Å². The zero-order chi connectivity index (χ0) is 97.0. The van der Waals surface area contributed by atoms with Crippen molar-refractivity contribution in [2.24, 2.45) is 0 Å². The molecule has 0 radical (unpaired) electrons. The fourth-order valence-electron chi connectivity index (χ4n) is 25.1. The summed E-state index contributed by atoms with van der Waals surface area (Å²) in [4.78, 5) is 0. The zero-order valence-corrected chi connectivity index (χ0v) is 84.4. The van der Waals surface area contributed by atoms with Crippen LogP contribution in [0.3, 0.4) is 0 Å². The lowest BCUT2D eigenvalue weighted by molar-refractivity contribution is 0.668. The number of furan rings is 2. The number of para-hydroxylation sites is 4.